The van der Waals surface area contributed by atoms with Crippen molar-refractivity contribution in [3.8, 4) is 5.75 Å². The van der Waals surface area contributed by atoms with Crippen molar-refractivity contribution >= 4 is 38.9 Å². The number of non-ortho nitro benzene ring substituents is 1. The molecule has 11 heteroatoms. The lowest BCUT2D eigenvalue weighted by Gasteiger charge is -2.25. The van der Waals surface area contributed by atoms with Crippen molar-refractivity contribution in [2.75, 3.05) is 18.4 Å². The number of nitro benzene ring substituents is 1. The standard InChI is InChI=1S/C20H22ClN3O6S/c1-14(30-19-10-7-16(24(26)27)13-18(19)21)20(25)22-15-5-8-17(9-6-15)31(28,29)23-11-3-2-4-12-23/h5-10,13-14H,2-4,11-12H2,1H3,(H,22,25). The molecule has 2 aromatic rings. The molecule has 1 atom stereocenters. The molecule has 0 radical (unpaired) electrons. The number of nitrogens with zero attached hydrogens (tertiary/aromatic N) is 2. The van der Waals surface area contributed by atoms with Gasteiger partial charge in [-0.15, -0.1) is 0 Å². The number of hydrogen-bond donors (Lipinski definition) is 1. The molecule has 3 rings (SSSR count). The number of piperidine rings is 1. The maximum absolute atomic E-state index is 12.7. The summed E-state index contributed by atoms with van der Waals surface area (Å²) in [6.07, 6.45) is 1.78. The van der Waals surface area contributed by atoms with Crippen molar-refractivity contribution in [3.63, 3.8) is 0 Å². The number of nitro groups is 1. The predicted molar refractivity (Wildman–Crippen MR) is 116 cm³/mol. The Kier molecular flexibility index (Phi) is 7.14. The number of rotatable bonds is 7. The third-order valence-electron chi connectivity index (χ3n) is 4.87. The van der Waals surface area contributed by atoms with Crippen LogP contribution < -0.4 is 10.1 Å². The predicted octanol–water partition coefficient (Wildman–Crippen LogP) is 3.83. The van der Waals surface area contributed by atoms with E-state index in [0.29, 0.717) is 18.8 Å². The molecular weight excluding hydrogens is 446 g/mol. The summed E-state index contributed by atoms with van der Waals surface area (Å²) in [5.74, 6) is -0.348. The topological polar surface area (TPSA) is 119 Å². The van der Waals surface area contributed by atoms with Crippen LogP contribution in [0.1, 0.15) is 26.2 Å². The number of benzene rings is 2. The van der Waals surface area contributed by atoms with Crippen LogP contribution in [-0.4, -0.2) is 42.7 Å². The SMILES string of the molecule is CC(Oc1ccc([N+](=O)[O-])cc1Cl)C(=O)Nc1ccc(S(=O)(=O)N2CCCCC2)cc1. The van der Waals surface area contributed by atoms with Gasteiger partial charge in [-0.1, -0.05) is 18.0 Å². The van der Waals surface area contributed by atoms with Crippen molar-refractivity contribution in [2.24, 2.45) is 0 Å². The summed E-state index contributed by atoms with van der Waals surface area (Å²) in [6, 6.07) is 9.64. The summed E-state index contributed by atoms with van der Waals surface area (Å²) in [4.78, 5) is 22.8. The van der Waals surface area contributed by atoms with Crippen LogP contribution >= 0.6 is 11.6 Å². The van der Waals surface area contributed by atoms with Crippen LogP contribution in [0.3, 0.4) is 0 Å². The highest BCUT2D eigenvalue weighted by atomic mass is 35.5. The second-order valence-electron chi connectivity index (χ2n) is 7.11. The van der Waals surface area contributed by atoms with Gasteiger partial charge in [0.15, 0.2) is 6.10 Å². The second-order valence-corrected chi connectivity index (χ2v) is 9.46. The zero-order valence-corrected chi connectivity index (χ0v) is 18.4. The summed E-state index contributed by atoms with van der Waals surface area (Å²) >= 11 is 5.98. The van der Waals surface area contributed by atoms with E-state index in [4.69, 9.17) is 16.3 Å². The van der Waals surface area contributed by atoms with Gasteiger partial charge in [-0.2, -0.15) is 4.31 Å². The highest BCUT2D eigenvalue weighted by molar-refractivity contribution is 7.89. The van der Waals surface area contributed by atoms with E-state index in [2.05, 4.69) is 5.32 Å². The summed E-state index contributed by atoms with van der Waals surface area (Å²) in [7, 11) is -3.55. The summed E-state index contributed by atoms with van der Waals surface area (Å²) < 4.78 is 32.4. The first-order valence-electron chi connectivity index (χ1n) is 9.70. The number of halogens is 1. The van der Waals surface area contributed by atoms with Crippen LogP contribution in [0.5, 0.6) is 5.75 Å². The quantitative estimate of drug-likeness (QED) is 0.488. The Labute approximate surface area is 185 Å². The summed E-state index contributed by atoms with van der Waals surface area (Å²) in [5, 5.41) is 13.4. The van der Waals surface area contributed by atoms with Crippen LogP contribution in [-0.2, 0) is 14.8 Å². The van der Waals surface area contributed by atoms with Crippen LogP contribution in [0.2, 0.25) is 5.02 Å². The largest absolute Gasteiger partial charge is 0.479 e. The maximum Gasteiger partial charge on any atom is 0.271 e. The molecule has 0 spiro atoms. The van der Waals surface area contributed by atoms with Gasteiger partial charge in [-0.3, -0.25) is 14.9 Å². The van der Waals surface area contributed by atoms with E-state index >= 15 is 0 Å². The smallest absolute Gasteiger partial charge is 0.271 e. The number of hydrogen-bond acceptors (Lipinski definition) is 6. The van der Waals surface area contributed by atoms with E-state index in [1.807, 2.05) is 0 Å². The number of anilines is 1. The van der Waals surface area contributed by atoms with Gasteiger partial charge in [0.25, 0.3) is 11.6 Å². The van der Waals surface area contributed by atoms with E-state index in [1.165, 1.54) is 47.6 Å². The fraction of sp³-hybridized carbons (Fsp3) is 0.350. The summed E-state index contributed by atoms with van der Waals surface area (Å²) in [5.41, 5.74) is 0.224. The van der Waals surface area contributed by atoms with Crippen molar-refractivity contribution in [3.05, 3.63) is 57.6 Å². The van der Waals surface area contributed by atoms with Crippen molar-refractivity contribution < 1.29 is 22.9 Å². The molecule has 1 N–H and O–H groups in total. The van der Waals surface area contributed by atoms with Gasteiger partial charge in [0, 0.05) is 30.9 Å². The minimum Gasteiger partial charge on any atom is -0.479 e. The Morgan fingerprint density at radius 2 is 1.81 bits per heavy atom. The Morgan fingerprint density at radius 1 is 1.16 bits per heavy atom. The molecule has 166 valence electrons. The van der Waals surface area contributed by atoms with Gasteiger partial charge in [0.05, 0.1) is 14.8 Å². The molecule has 0 saturated carbocycles. The number of amides is 1. The van der Waals surface area contributed by atoms with Gasteiger partial charge in [-0.25, -0.2) is 8.42 Å². The molecule has 1 saturated heterocycles. The van der Waals surface area contributed by atoms with E-state index < -0.39 is 27.0 Å². The zero-order valence-electron chi connectivity index (χ0n) is 16.8. The number of nitrogens with one attached hydrogen (secondary N) is 1. The zero-order chi connectivity index (χ0) is 22.6. The average Bonchev–Trinajstić information content (AvgIpc) is 2.76. The Hall–Kier alpha value is -2.69. The third-order valence-corrected chi connectivity index (χ3v) is 7.08. The molecular formula is C20H22ClN3O6S. The van der Waals surface area contributed by atoms with E-state index in [9.17, 15) is 23.3 Å². The lowest BCUT2D eigenvalue weighted by atomic mass is 10.2. The number of carbonyl (C=O) groups is 1. The molecule has 1 unspecified atom stereocenters. The second kappa shape index (κ2) is 9.63. The highest BCUT2D eigenvalue weighted by Gasteiger charge is 2.26. The van der Waals surface area contributed by atoms with Gasteiger partial charge in [0.1, 0.15) is 5.75 Å². The first kappa shape index (κ1) is 23.0. The molecule has 1 aliphatic heterocycles. The normalized spacial score (nSPS) is 15.8. The van der Waals surface area contributed by atoms with Crippen LogP contribution in [0.4, 0.5) is 11.4 Å². The molecule has 9 nitrogen and oxygen atoms in total. The fourth-order valence-corrected chi connectivity index (χ4v) is 4.89. The highest BCUT2D eigenvalue weighted by Crippen LogP contribution is 2.29. The Morgan fingerprint density at radius 3 is 2.39 bits per heavy atom. The Bertz CT molecular complexity index is 1070. The molecule has 0 bridgehead atoms. The lowest BCUT2D eigenvalue weighted by molar-refractivity contribution is -0.384. The molecule has 0 aromatic heterocycles. The van der Waals surface area contributed by atoms with Crippen LogP contribution in [0.15, 0.2) is 47.4 Å². The third kappa shape index (κ3) is 5.52. The molecule has 2 aromatic carbocycles. The molecule has 1 amide bonds. The van der Waals surface area contributed by atoms with Crippen molar-refractivity contribution in [1.29, 1.82) is 0 Å². The number of carbonyl (C=O) groups excluding carboxylic acids is 1. The molecule has 0 aliphatic carbocycles. The van der Waals surface area contributed by atoms with Gasteiger partial charge in [0.2, 0.25) is 10.0 Å². The average molecular weight is 468 g/mol. The van der Waals surface area contributed by atoms with E-state index in [1.54, 1.807) is 0 Å². The molecule has 1 aliphatic rings. The van der Waals surface area contributed by atoms with E-state index in [0.717, 1.165) is 25.3 Å². The monoisotopic (exact) mass is 467 g/mol. The summed E-state index contributed by atoms with van der Waals surface area (Å²) in [6.45, 7) is 2.53. The minimum atomic E-state index is -3.55. The molecule has 31 heavy (non-hydrogen) atoms. The van der Waals surface area contributed by atoms with Crippen LogP contribution in [0.25, 0.3) is 0 Å². The van der Waals surface area contributed by atoms with E-state index in [-0.39, 0.29) is 21.4 Å². The Balaban J connectivity index is 1.63. The number of sulfonamides is 1. The van der Waals surface area contributed by atoms with Gasteiger partial charge >= 0.3 is 0 Å². The molecule has 1 fully saturated rings. The first-order valence-corrected chi connectivity index (χ1v) is 11.5. The minimum absolute atomic E-state index is 0.0149. The maximum atomic E-state index is 12.7. The molecule has 1 heterocycles. The first-order chi connectivity index (χ1) is 14.7. The fourth-order valence-electron chi connectivity index (χ4n) is 3.15. The van der Waals surface area contributed by atoms with Gasteiger partial charge in [-0.05, 0) is 50.1 Å². The lowest BCUT2D eigenvalue weighted by Crippen LogP contribution is -2.35. The van der Waals surface area contributed by atoms with Gasteiger partial charge < -0.3 is 10.1 Å². The number of ether oxygens (including phenoxy) is 1. The van der Waals surface area contributed by atoms with Crippen molar-refractivity contribution in [1.82, 2.24) is 4.31 Å². The van der Waals surface area contributed by atoms with Crippen LogP contribution in [0, 0.1) is 10.1 Å². The van der Waals surface area contributed by atoms with Crippen molar-refractivity contribution in [2.45, 2.75) is 37.2 Å².